The van der Waals surface area contributed by atoms with Gasteiger partial charge < -0.3 is 9.84 Å². The molecule has 1 unspecified atom stereocenters. The number of carboxylic acid groups (broad SMARTS) is 1. The molecule has 0 radical (unpaired) electrons. The third kappa shape index (κ3) is 2.88. The molecular weight excluding hydrogens is 316 g/mol. The molecule has 22 heavy (non-hydrogen) atoms. The van der Waals surface area contributed by atoms with Crippen LogP contribution in [-0.2, 0) is 14.8 Å². The number of aliphatic carboxylic acids is 1. The lowest BCUT2D eigenvalue weighted by molar-refractivity contribution is -0.385. The fraction of sp³-hybridized carbons (Fsp3) is 0.417. The maximum Gasteiger partial charge on any atom is 0.310 e. The van der Waals surface area contributed by atoms with Crippen molar-refractivity contribution in [2.45, 2.75) is 11.3 Å². The molecule has 1 fully saturated rings. The number of nitro groups is 1. The van der Waals surface area contributed by atoms with Crippen molar-refractivity contribution in [3.05, 3.63) is 28.3 Å². The van der Waals surface area contributed by atoms with Gasteiger partial charge in [0.15, 0.2) is 5.75 Å². The third-order valence-electron chi connectivity index (χ3n) is 3.49. The number of hydrogen-bond acceptors (Lipinski definition) is 6. The Morgan fingerprint density at radius 3 is 2.68 bits per heavy atom. The summed E-state index contributed by atoms with van der Waals surface area (Å²) >= 11 is 0. The van der Waals surface area contributed by atoms with E-state index in [1.807, 2.05) is 0 Å². The summed E-state index contributed by atoms with van der Waals surface area (Å²) in [4.78, 5) is 20.9. The van der Waals surface area contributed by atoms with Crippen molar-refractivity contribution >= 4 is 21.7 Å². The van der Waals surface area contributed by atoms with E-state index in [0.717, 1.165) is 22.5 Å². The summed E-state index contributed by atoms with van der Waals surface area (Å²) in [5.41, 5.74) is -0.341. The predicted molar refractivity (Wildman–Crippen MR) is 74.2 cm³/mol. The van der Waals surface area contributed by atoms with Crippen LogP contribution in [0, 0.1) is 16.0 Å². The van der Waals surface area contributed by atoms with E-state index in [4.69, 9.17) is 9.84 Å². The zero-order valence-corrected chi connectivity index (χ0v) is 12.4. The Kier molecular flexibility index (Phi) is 4.33. The highest BCUT2D eigenvalue weighted by molar-refractivity contribution is 7.89. The smallest absolute Gasteiger partial charge is 0.310 e. The largest absolute Gasteiger partial charge is 0.490 e. The Hall–Kier alpha value is -2.20. The number of benzene rings is 1. The van der Waals surface area contributed by atoms with E-state index in [1.165, 1.54) is 7.11 Å². The van der Waals surface area contributed by atoms with Gasteiger partial charge in [-0.1, -0.05) is 0 Å². The van der Waals surface area contributed by atoms with Crippen LogP contribution in [0.5, 0.6) is 5.75 Å². The topological polar surface area (TPSA) is 127 Å². The van der Waals surface area contributed by atoms with Gasteiger partial charge >= 0.3 is 11.7 Å². The molecule has 0 amide bonds. The lowest BCUT2D eigenvalue weighted by Crippen LogP contribution is -2.30. The van der Waals surface area contributed by atoms with Crippen molar-refractivity contribution in [1.29, 1.82) is 0 Å². The van der Waals surface area contributed by atoms with Gasteiger partial charge in [-0.2, -0.15) is 4.31 Å². The minimum absolute atomic E-state index is 0.0958. The first-order chi connectivity index (χ1) is 10.3. The highest BCUT2D eigenvalue weighted by Gasteiger charge is 2.36. The lowest BCUT2D eigenvalue weighted by Gasteiger charge is -2.16. The fourth-order valence-corrected chi connectivity index (χ4v) is 3.78. The molecular formula is C12H14N2O7S. The summed E-state index contributed by atoms with van der Waals surface area (Å²) in [5.74, 6) is -1.95. The normalized spacial score (nSPS) is 19.0. The highest BCUT2D eigenvalue weighted by atomic mass is 32.2. The molecule has 9 nitrogen and oxygen atoms in total. The maximum absolute atomic E-state index is 12.5. The molecule has 1 aromatic rings. The van der Waals surface area contributed by atoms with E-state index in [0.29, 0.717) is 0 Å². The Morgan fingerprint density at radius 1 is 1.50 bits per heavy atom. The zero-order chi connectivity index (χ0) is 16.5. The van der Waals surface area contributed by atoms with Gasteiger partial charge in [-0.3, -0.25) is 14.9 Å². The Morgan fingerprint density at radius 2 is 2.18 bits per heavy atom. The van der Waals surface area contributed by atoms with E-state index >= 15 is 0 Å². The highest BCUT2D eigenvalue weighted by Crippen LogP contribution is 2.32. The monoisotopic (exact) mass is 330 g/mol. The number of ether oxygens (including phenoxy) is 1. The van der Waals surface area contributed by atoms with Crippen LogP contribution < -0.4 is 4.74 Å². The van der Waals surface area contributed by atoms with Gasteiger partial charge in [-0.15, -0.1) is 0 Å². The molecule has 1 saturated heterocycles. The zero-order valence-electron chi connectivity index (χ0n) is 11.6. The second-order valence-electron chi connectivity index (χ2n) is 4.78. The summed E-state index contributed by atoms with van der Waals surface area (Å²) in [6, 6.07) is 3.24. The van der Waals surface area contributed by atoms with Crippen molar-refractivity contribution < 1.29 is 28.0 Å². The first-order valence-electron chi connectivity index (χ1n) is 6.32. The van der Waals surface area contributed by atoms with Crippen molar-refractivity contribution in [1.82, 2.24) is 4.31 Å². The summed E-state index contributed by atoms with van der Waals surface area (Å²) < 4.78 is 30.8. The van der Waals surface area contributed by atoms with Gasteiger partial charge in [-0.25, -0.2) is 8.42 Å². The molecule has 1 atom stereocenters. The van der Waals surface area contributed by atoms with Crippen LogP contribution in [-0.4, -0.2) is 48.9 Å². The Labute approximate surface area is 126 Å². The number of nitrogens with zero attached hydrogens (tertiary/aromatic N) is 2. The van der Waals surface area contributed by atoms with Crippen LogP contribution in [0.2, 0.25) is 0 Å². The van der Waals surface area contributed by atoms with Gasteiger partial charge in [0, 0.05) is 25.2 Å². The number of sulfonamides is 1. The van der Waals surface area contributed by atoms with E-state index in [1.54, 1.807) is 0 Å². The summed E-state index contributed by atoms with van der Waals surface area (Å²) in [6.07, 6.45) is 0.235. The number of rotatable bonds is 5. The van der Waals surface area contributed by atoms with Gasteiger partial charge in [0.1, 0.15) is 0 Å². The Bertz CT molecular complexity index is 716. The minimum atomic E-state index is -3.91. The van der Waals surface area contributed by atoms with E-state index in [9.17, 15) is 23.3 Å². The first-order valence-corrected chi connectivity index (χ1v) is 7.76. The van der Waals surface area contributed by atoms with Crippen LogP contribution in [0.1, 0.15) is 6.42 Å². The summed E-state index contributed by atoms with van der Waals surface area (Å²) in [6.45, 7) is -0.0183. The van der Waals surface area contributed by atoms with Crippen molar-refractivity contribution in [3.63, 3.8) is 0 Å². The van der Waals surface area contributed by atoms with E-state index < -0.39 is 26.8 Å². The summed E-state index contributed by atoms with van der Waals surface area (Å²) in [7, 11) is -2.71. The molecule has 0 spiro atoms. The predicted octanol–water partition coefficient (Wildman–Crippen LogP) is 0.699. The standard InChI is InChI=1S/C12H14N2O7S/c1-21-11-6-9(2-3-10(11)14(17)18)22(19,20)13-5-4-8(7-13)12(15)16/h2-3,6,8H,4-5,7H2,1H3,(H,15,16). The average molecular weight is 330 g/mol. The van der Waals surface area contributed by atoms with Crippen LogP contribution in [0.3, 0.4) is 0 Å². The molecule has 1 aromatic carbocycles. The molecule has 10 heteroatoms. The molecule has 2 rings (SSSR count). The molecule has 1 heterocycles. The SMILES string of the molecule is COc1cc(S(=O)(=O)N2CCC(C(=O)O)C2)ccc1[N+](=O)[O-]. The van der Waals surface area contributed by atoms with Crippen molar-refractivity contribution in [2.75, 3.05) is 20.2 Å². The van der Waals surface area contributed by atoms with Crippen LogP contribution in [0.4, 0.5) is 5.69 Å². The molecule has 1 N–H and O–H groups in total. The van der Waals surface area contributed by atoms with Crippen LogP contribution in [0.15, 0.2) is 23.1 Å². The van der Waals surface area contributed by atoms with Gasteiger partial charge in [0.25, 0.3) is 0 Å². The lowest BCUT2D eigenvalue weighted by atomic mass is 10.1. The van der Waals surface area contributed by atoms with Crippen LogP contribution in [0.25, 0.3) is 0 Å². The van der Waals surface area contributed by atoms with E-state index in [-0.39, 0.29) is 35.8 Å². The molecule has 1 aliphatic rings. The Balaban J connectivity index is 2.34. The van der Waals surface area contributed by atoms with E-state index in [2.05, 4.69) is 0 Å². The number of carboxylic acids is 1. The molecule has 0 aliphatic carbocycles. The van der Waals surface area contributed by atoms with Crippen molar-refractivity contribution in [2.24, 2.45) is 5.92 Å². The van der Waals surface area contributed by atoms with Gasteiger partial charge in [0.2, 0.25) is 10.0 Å². The molecule has 0 aromatic heterocycles. The fourth-order valence-electron chi connectivity index (χ4n) is 2.27. The number of hydrogen-bond donors (Lipinski definition) is 1. The second-order valence-corrected chi connectivity index (χ2v) is 6.72. The molecule has 120 valence electrons. The van der Waals surface area contributed by atoms with Crippen LogP contribution >= 0.6 is 0 Å². The number of nitro benzene ring substituents is 1. The van der Waals surface area contributed by atoms with Crippen molar-refractivity contribution in [3.8, 4) is 5.75 Å². The number of methoxy groups -OCH3 is 1. The molecule has 0 saturated carbocycles. The average Bonchev–Trinajstić information content (AvgIpc) is 2.97. The third-order valence-corrected chi connectivity index (χ3v) is 5.35. The summed E-state index contributed by atoms with van der Waals surface area (Å²) in [5, 5.41) is 19.7. The first kappa shape index (κ1) is 16.2. The second kappa shape index (κ2) is 5.89. The van der Waals surface area contributed by atoms with Gasteiger partial charge in [-0.05, 0) is 12.5 Å². The quantitative estimate of drug-likeness (QED) is 0.621. The number of carbonyl (C=O) groups is 1. The molecule has 1 aliphatic heterocycles. The molecule has 0 bridgehead atoms. The maximum atomic E-state index is 12.5. The van der Waals surface area contributed by atoms with Gasteiger partial charge in [0.05, 0.1) is 22.8 Å². The minimum Gasteiger partial charge on any atom is -0.490 e.